The van der Waals surface area contributed by atoms with Gasteiger partial charge < -0.3 is 10.1 Å². The van der Waals surface area contributed by atoms with Crippen molar-refractivity contribution in [2.45, 2.75) is 20.4 Å². The molecule has 2 rings (SSSR count). The number of thiocarbonyl (C=S) groups is 1. The molecule has 2 aromatic rings. The minimum Gasteiger partial charge on any atom is -0.497 e. The third-order valence-electron chi connectivity index (χ3n) is 3.30. The molecule has 0 saturated heterocycles. The molecule has 0 aliphatic rings. The summed E-state index contributed by atoms with van der Waals surface area (Å²) in [5, 5.41) is 3.71. The number of methoxy groups -OCH3 is 1. The average Bonchev–Trinajstić information content (AvgIpc) is 2.52. The highest BCUT2D eigenvalue weighted by molar-refractivity contribution is 7.80. The molecule has 0 amide bonds. The Morgan fingerprint density at radius 2 is 1.82 bits per heavy atom. The molecular formula is C17H21N3OS. The summed E-state index contributed by atoms with van der Waals surface area (Å²) in [6, 6.07) is 14.1. The lowest BCUT2D eigenvalue weighted by Gasteiger charge is -2.14. The maximum atomic E-state index is 5.26. The molecule has 0 radical (unpaired) electrons. The van der Waals surface area contributed by atoms with Gasteiger partial charge in [0.05, 0.1) is 12.8 Å². The third-order valence-corrected chi connectivity index (χ3v) is 3.55. The van der Waals surface area contributed by atoms with Crippen LogP contribution in [0, 0.1) is 13.8 Å². The van der Waals surface area contributed by atoms with Gasteiger partial charge in [0.2, 0.25) is 0 Å². The smallest absolute Gasteiger partial charge is 0.185 e. The summed E-state index contributed by atoms with van der Waals surface area (Å²) in [7, 11) is 1.66. The van der Waals surface area contributed by atoms with Crippen molar-refractivity contribution in [3.05, 3.63) is 59.2 Å². The van der Waals surface area contributed by atoms with E-state index in [0.29, 0.717) is 11.7 Å². The summed E-state index contributed by atoms with van der Waals surface area (Å²) in [6.07, 6.45) is 0. The van der Waals surface area contributed by atoms with Gasteiger partial charge in [-0.2, -0.15) is 0 Å². The molecule has 5 heteroatoms. The van der Waals surface area contributed by atoms with Crippen molar-refractivity contribution in [3.63, 3.8) is 0 Å². The Morgan fingerprint density at radius 3 is 2.45 bits per heavy atom. The fourth-order valence-corrected chi connectivity index (χ4v) is 2.17. The van der Waals surface area contributed by atoms with Crippen molar-refractivity contribution in [1.82, 2.24) is 10.7 Å². The van der Waals surface area contributed by atoms with E-state index in [9.17, 15) is 0 Å². The van der Waals surface area contributed by atoms with Crippen LogP contribution in [-0.2, 0) is 6.54 Å². The highest BCUT2D eigenvalue weighted by Crippen LogP contribution is 2.14. The fourth-order valence-electron chi connectivity index (χ4n) is 2.05. The van der Waals surface area contributed by atoms with E-state index in [2.05, 4.69) is 42.1 Å². The monoisotopic (exact) mass is 315 g/mol. The zero-order valence-corrected chi connectivity index (χ0v) is 13.9. The molecule has 0 atom stereocenters. The number of anilines is 1. The fraction of sp³-hybridized carbons (Fsp3) is 0.235. The van der Waals surface area contributed by atoms with Crippen LogP contribution in [0.4, 0.5) is 5.69 Å². The lowest BCUT2D eigenvalue weighted by molar-refractivity contribution is 0.414. The van der Waals surface area contributed by atoms with Crippen LogP contribution in [0.1, 0.15) is 16.7 Å². The Bertz CT molecular complexity index is 641. The summed E-state index contributed by atoms with van der Waals surface area (Å²) in [5.41, 5.74) is 10.7. The number of benzene rings is 2. The molecule has 0 unspecified atom stereocenters. The number of hydrazine groups is 1. The van der Waals surface area contributed by atoms with Gasteiger partial charge in [-0.05, 0) is 55.4 Å². The van der Waals surface area contributed by atoms with E-state index in [-0.39, 0.29) is 0 Å². The van der Waals surface area contributed by atoms with E-state index in [1.165, 1.54) is 11.1 Å². The van der Waals surface area contributed by atoms with Crippen molar-refractivity contribution in [2.24, 2.45) is 0 Å². The van der Waals surface area contributed by atoms with Crippen LogP contribution < -0.4 is 20.9 Å². The Hall–Kier alpha value is -2.27. The van der Waals surface area contributed by atoms with Gasteiger partial charge in [-0.25, -0.2) is 0 Å². The first kappa shape index (κ1) is 16.1. The lowest BCUT2D eigenvalue weighted by Crippen LogP contribution is -2.38. The van der Waals surface area contributed by atoms with Gasteiger partial charge in [-0.1, -0.05) is 29.8 Å². The highest BCUT2D eigenvalue weighted by atomic mass is 32.1. The molecule has 0 fully saturated rings. The number of hydrogen-bond acceptors (Lipinski definition) is 3. The second-order valence-electron chi connectivity index (χ2n) is 5.10. The molecule has 0 heterocycles. The normalized spacial score (nSPS) is 9.95. The third kappa shape index (κ3) is 4.63. The van der Waals surface area contributed by atoms with E-state index in [4.69, 9.17) is 17.0 Å². The van der Waals surface area contributed by atoms with Crippen LogP contribution in [0.5, 0.6) is 5.75 Å². The maximum absolute atomic E-state index is 5.26. The zero-order valence-electron chi connectivity index (χ0n) is 13.1. The van der Waals surface area contributed by atoms with Crippen molar-refractivity contribution in [2.75, 3.05) is 12.5 Å². The summed E-state index contributed by atoms with van der Waals surface area (Å²) in [6.45, 7) is 4.79. The molecule has 0 aliphatic heterocycles. The van der Waals surface area contributed by atoms with Crippen LogP contribution in [0.3, 0.4) is 0 Å². The van der Waals surface area contributed by atoms with Crippen LogP contribution in [0.25, 0.3) is 0 Å². The number of nitrogens with one attached hydrogen (secondary N) is 3. The molecule has 3 N–H and O–H groups in total. The quantitative estimate of drug-likeness (QED) is 0.584. The minimum atomic E-state index is 0.552. The molecule has 116 valence electrons. The van der Waals surface area contributed by atoms with Crippen LogP contribution in [0.2, 0.25) is 0 Å². The molecule has 4 nitrogen and oxygen atoms in total. The number of hydrogen-bond donors (Lipinski definition) is 3. The van der Waals surface area contributed by atoms with Gasteiger partial charge in [0, 0.05) is 6.54 Å². The zero-order chi connectivity index (χ0) is 15.9. The molecule has 2 aromatic carbocycles. The van der Waals surface area contributed by atoms with E-state index in [1.807, 2.05) is 30.3 Å². The van der Waals surface area contributed by atoms with Crippen molar-refractivity contribution in [3.8, 4) is 5.75 Å². The SMILES string of the molecule is COc1ccc(CNC(=S)NNc2ccc(C)cc2C)cc1. The van der Waals surface area contributed by atoms with Gasteiger partial charge in [0.25, 0.3) is 0 Å². The highest BCUT2D eigenvalue weighted by Gasteiger charge is 2.00. The second kappa shape index (κ2) is 7.66. The second-order valence-corrected chi connectivity index (χ2v) is 5.51. The van der Waals surface area contributed by atoms with Crippen LogP contribution >= 0.6 is 12.2 Å². The van der Waals surface area contributed by atoms with E-state index in [1.54, 1.807) is 7.11 Å². The molecule has 0 aromatic heterocycles. The first-order valence-electron chi connectivity index (χ1n) is 7.08. The minimum absolute atomic E-state index is 0.552. The summed E-state index contributed by atoms with van der Waals surface area (Å²) in [5.74, 6) is 0.848. The summed E-state index contributed by atoms with van der Waals surface area (Å²) < 4.78 is 5.13. The Kier molecular flexibility index (Phi) is 5.61. The van der Waals surface area contributed by atoms with Crippen LogP contribution in [-0.4, -0.2) is 12.2 Å². The summed E-state index contributed by atoms with van der Waals surface area (Å²) >= 11 is 5.26. The Morgan fingerprint density at radius 1 is 1.09 bits per heavy atom. The molecule has 0 aliphatic carbocycles. The standard InChI is InChI=1S/C17H21N3OS/c1-12-4-9-16(13(2)10-12)19-20-17(22)18-11-14-5-7-15(21-3)8-6-14/h4-10,19H,11H2,1-3H3,(H2,18,20,22). The van der Waals surface area contributed by atoms with Crippen molar-refractivity contribution < 1.29 is 4.74 Å². The number of aryl methyl sites for hydroxylation is 2. The first-order valence-corrected chi connectivity index (χ1v) is 7.49. The van der Waals surface area contributed by atoms with E-state index in [0.717, 1.165) is 17.0 Å². The number of ether oxygens (including phenoxy) is 1. The number of rotatable bonds is 5. The predicted octanol–water partition coefficient (Wildman–Crippen LogP) is 3.30. The molecule has 22 heavy (non-hydrogen) atoms. The molecule has 0 saturated carbocycles. The molecule has 0 spiro atoms. The summed E-state index contributed by atoms with van der Waals surface area (Å²) in [4.78, 5) is 0. The van der Waals surface area contributed by atoms with Gasteiger partial charge in [0.1, 0.15) is 5.75 Å². The topological polar surface area (TPSA) is 45.3 Å². The maximum Gasteiger partial charge on any atom is 0.185 e. The van der Waals surface area contributed by atoms with Crippen molar-refractivity contribution in [1.29, 1.82) is 0 Å². The Labute approximate surface area is 136 Å². The first-order chi connectivity index (χ1) is 10.6. The van der Waals surface area contributed by atoms with Crippen LogP contribution in [0.15, 0.2) is 42.5 Å². The van der Waals surface area contributed by atoms with E-state index >= 15 is 0 Å². The van der Waals surface area contributed by atoms with E-state index < -0.39 is 0 Å². The van der Waals surface area contributed by atoms with Gasteiger partial charge in [-0.3, -0.25) is 10.9 Å². The van der Waals surface area contributed by atoms with Crippen molar-refractivity contribution >= 4 is 23.0 Å². The molecular weight excluding hydrogens is 294 g/mol. The molecule has 0 bridgehead atoms. The Balaban J connectivity index is 1.80. The van der Waals surface area contributed by atoms with Gasteiger partial charge >= 0.3 is 0 Å². The lowest BCUT2D eigenvalue weighted by atomic mass is 10.1. The average molecular weight is 315 g/mol. The largest absolute Gasteiger partial charge is 0.497 e. The van der Waals surface area contributed by atoms with Gasteiger partial charge in [0.15, 0.2) is 5.11 Å². The predicted molar refractivity (Wildman–Crippen MR) is 95.1 cm³/mol. The van der Waals surface area contributed by atoms with Gasteiger partial charge in [-0.15, -0.1) is 0 Å².